The zero-order valence-electron chi connectivity index (χ0n) is 20.9. The zero-order valence-corrected chi connectivity index (χ0v) is 21.7. The number of thiophene rings is 1. The van der Waals surface area contributed by atoms with Gasteiger partial charge in [0.25, 0.3) is 0 Å². The molecule has 0 amide bonds. The van der Waals surface area contributed by atoms with E-state index in [1.165, 1.54) is 22.6 Å². The first-order chi connectivity index (χ1) is 18.6. The molecule has 0 aliphatic heterocycles. The minimum absolute atomic E-state index is 0.289. The molecule has 1 atom stereocenters. The van der Waals surface area contributed by atoms with Crippen molar-refractivity contribution in [1.82, 2.24) is 30.1 Å². The van der Waals surface area contributed by atoms with Gasteiger partial charge in [0, 0.05) is 50.0 Å². The average Bonchev–Trinajstić information content (AvgIpc) is 3.74. The van der Waals surface area contributed by atoms with Crippen LogP contribution in [0, 0.1) is 12.8 Å². The van der Waals surface area contributed by atoms with Crippen LogP contribution in [0.5, 0.6) is 0 Å². The van der Waals surface area contributed by atoms with E-state index in [2.05, 4.69) is 66.6 Å². The second kappa shape index (κ2) is 9.34. The number of aromatic amines is 2. The molecule has 0 aromatic carbocycles. The fourth-order valence-corrected chi connectivity index (χ4v) is 6.36. The van der Waals surface area contributed by atoms with Gasteiger partial charge in [-0.1, -0.05) is 12.8 Å². The molecule has 8 nitrogen and oxygen atoms in total. The van der Waals surface area contributed by atoms with Gasteiger partial charge in [-0.3, -0.25) is 15.1 Å². The summed E-state index contributed by atoms with van der Waals surface area (Å²) in [7, 11) is 0. The van der Waals surface area contributed by atoms with Crippen LogP contribution in [0.2, 0.25) is 0 Å². The number of rotatable bonds is 6. The Morgan fingerprint density at radius 2 is 1.92 bits per heavy atom. The van der Waals surface area contributed by atoms with Gasteiger partial charge in [-0.2, -0.15) is 5.10 Å². The summed E-state index contributed by atoms with van der Waals surface area (Å²) in [5, 5.41) is 23.6. The third-order valence-corrected chi connectivity index (χ3v) is 8.47. The molecule has 38 heavy (non-hydrogen) atoms. The Labute approximate surface area is 223 Å². The second-order valence-electron chi connectivity index (χ2n) is 10.00. The lowest BCUT2D eigenvalue weighted by molar-refractivity contribution is 0.137. The van der Waals surface area contributed by atoms with E-state index in [4.69, 9.17) is 0 Å². The van der Waals surface area contributed by atoms with Gasteiger partial charge < -0.3 is 15.4 Å². The van der Waals surface area contributed by atoms with Gasteiger partial charge in [0.05, 0.1) is 35.0 Å². The Kier molecular flexibility index (Phi) is 5.67. The molecular formula is C29H27N7OS. The molecule has 0 spiro atoms. The van der Waals surface area contributed by atoms with Gasteiger partial charge in [-0.05, 0) is 56.2 Å². The fourth-order valence-electron chi connectivity index (χ4n) is 5.45. The number of fused-ring (bicyclic) bond motifs is 2. The molecule has 4 N–H and O–H groups in total. The third-order valence-electron chi connectivity index (χ3n) is 7.43. The smallest absolute Gasteiger partial charge is 0.138 e. The Morgan fingerprint density at radius 1 is 1.03 bits per heavy atom. The number of aryl methyl sites for hydroxylation is 1. The number of pyridine rings is 3. The van der Waals surface area contributed by atoms with Gasteiger partial charge in [-0.15, -0.1) is 11.3 Å². The maximum absolute atomic E-state index is 10.6. The first kappa shape index (κ1) is 23.1. The lowest BCUT2D eigenvalue weighted by Crippen LogP contribution is -2.26. The summed E-state index contributed by atoms with van der Waals surface area (Å²) >= 11 is 1.78. The van der Waals surface area contributed by atoms with Crippen molar-refractivity contribution < 1.29 is 5.11 Å². The van der Waals surface area contributed by atoms with Crippen LogP contribution in [-0.4, -0.2) is 41.5 Å². The minimum Gasteiger partial charge on any atom is -0.374 e. The number of nitrogens with one attached hydrogen (secondary N) is 3. The standard InChI is InChI=1S/C29H27N7OS/c1-16-6-7-26(38-16)20-8-9-31-28-21(20)11-24(34-28)27-22-12-23(32-15-25(22)35-36-27)18-10-19(14-30-13-18)33-29(37)17-4-2-3-5-17/h6-15,17,29,33,37H,2-5H2,1H3,(H,31,34)(H,35,36). The highest BCUT2D eigenvalue weighted by atomic mass is 32.1. The molecule has 1 aliphatic carbocycles. The predicted molar refractivity (Wildman–Crippen MR) is 152 cm³/mol. The Balaban J connectivity index is 1.24. The first-order valence-electron chi connectivity index (χ1n) is 12.9. The number of anilines is 1. The summed E-state index contributed by atoms with van der Waals surface area (Å²) in [5.74, 6) is 0.289. The summed E-state index contributed by atoms with van der Waals surface area (Å²) < 4.78 is 0. The van der Waals surface area contributed by atoms with E-state index in [1.54, 1.807) is 29.9 Å². The van der Waals surface area contributed by atoms with Crippen LogP contribution in [0.3, 0.4) is 0 Å². The summed E-state index contributed by atoms with van der Waals surface area (Å²) in [6.45, 7) is 2.12. The van der Waals surface area contributed by atoms with Gasteiger partial charge in [0.15, 0.2) is 0 Å². The lowest BCUT2D eigenvalue weighted by Gasteiger charge is -2.20. The summed E-state index contributed by atoms with van der Waals surface area (Å²) in [6.07, 6.45) is 11.1. The maximum Gasteiger partial charge on any atom is 0.138 e. The van der Waals surface area contributed by atoms with E-state index in [0.717, 1.165) is 68.7 Å². The van der Waals surface area contributed by atoms with Crippen molar-refractivity contribution in [3.63, 3.8) is 0 Å². The molecule has 0 bridgehead atoms. The zero-order chi connectivity index (χ0) is 25.6. The predicted octanol–water partition coefficient (Wildman–Crippen LogP) is 6.52. The molecule has 1 unspecified atom stereocenters. The fraction of sp³-hybridized carbons (Fsp3) is 0.241. The number of hydrogen-bond acceptors (Lipinski definition) is 7. The molecule has 0 radical (unpaired) electrons. The molecule has 9 heteroatoms. The Morgan fingerprint density at radius 3 is 2.76 bits per heavy atom. The molecule has 1 fully saturated rings. The number of aliphatic hydroxyl groups is 1. The van der Waals surface area contributed by atoms with Crippen molar-refractivity contribution in [2.24, 2.45) is 5.92 Å². The van der Waals surface area contributed by atoms with E-state index >= 15 is 0 Å². The highest BCUT2D eigenvalue weighted by Crippen LogP contribution is 2.36. The number of H-pyrrole nitrogens is 2. The molecule has 1 saturated carbocycles. The van der Waals surface area contributed by atoms with Gasteiger partial charge in [0.2, 0.25) is 0 Å². The van der Waals surface area contributed by atoms with Crippen molar-refractivity contribution >= 4 is 39.0 Å². The molecule has 6 aromatic heterocycles. The van der Waals surface area contributed by atoms with Crippen molar-refractivity contribution in [1.29, 1.82) is 0 Å². The van der Waals surface area contributed by atoms with Crippen LogP contribution in [0.15, 0.2) is 61.2 Å². The number of aromatic nitrogens is 6. The summed E-state index contributed by atoms with van der Waals surface area (Å²) in [5.41, 5.74) is 6.99. The molecule has 0 saturated heterocycles. The van der Waals surface area contributed by atoms with Crippen molar-refractivity contribution in [3.8, 4) is 33.1 Å². The van der Waals surface area contributed by atoms with Crippen molar-refractivity contribution in [2.45, 2.75) is 38.8 Å². The van der Waals surface area contributed by atoms with E-state index in [1.807, 2.05) is 18.3 Å². The minimum atomic E-state index is -0.566. The van der Waals surface area contributed by atoms with Crippen LogP contribution < -0.4 is 5.32 Å². The maximum atomic E-state index is 10.6. The first-order valence-corrected chi connectivity index (χ1v) is 13.7. The van der Waals surface area contributed by atoms with Crippen LogP contribution in [0.4, 0.5) is 5.69 Å². The summed E-state index contributed by atoms with van der Waals surface area (Å²) in [6, 6.07) is 12.5. The lowest BCUT2D eigenvalue weighted by atomic mass is 10.1. The summed E-state index contributed by atoms with van der Waals surface area (Å²) in [4.78, 5) is 19.6. The van der Waals surface area contributed by atoms with Gasteiger partial charge >= 0.3 is 0 Å². The molecule has 7 rings (SSSR count). The van der Waals surface area contributed by atoms with Gasteiger partial charge in [0.1, 0.15) is 17.6 Å². The topological polar surface area (TPSA) is 115 Å². The van der Waals surface area contributed by atoms with E-state index < -0.39 is 6.23 Å². The van der Waals surface area contributed by atoms with Crippen LogP contribution in [-0.2, 0) is 0 Å². The van der Waals surface area contributed by atoms with Crippen molar-refractivity contribution in [2.75, 3.05) is 5.32 Å². The van der Waals surface area contributed by atoms with Crippen LogP contribution in [0.25, 0.3) is 55.0 Å². The van der Waals surface area contributed by atoms with Crippen molar-refractivity contribution in [3.05, 3.63) is 66.1 Å². The molecule has 6 heterocycles. The third kappa shape index (κ3) is 4.13. The number of nitrogens with zero attached hydrogens (tertiary/aromatic N) is 4. The highest BCUT2D eigenvalue weighted by molar-refractivity contribution is 7.15. The largest absolute Gasteiger partial charge is 0.374 e. The Hall–Kier alpha value is -4.08. The van der Waals surface area contributed by atoms with Crippen LogP contribution in [0.1, 0.15) is 30.6 Å². The van der Waals surface area contributed by atoms with E-state index in [9.17, 15) is 5.11 Å². The molecule has 6 aromatic rings. The number of aliphatic hydroxyl groups excluding tert-OH is 1. The van der Waals surface area contributed by atoms with Gasteiger partial charge in [-0.25, -0.2) is 4.98 Å². The average molecular weight is 522 g/mol. The monoisotopic (exact) mass is 521 g/mol. The normalized spacial score (nSPS) is 15.0. The van der Waals surface area contributed by atoms with E-state index in [0.29, 0.717) is 0 Å². The highest BCUT2D eigenvalue weighted by Gasteiger charge is 2.23. The molecule has 1 aliphatic rings. The molecule has 190 valence electrons. The quantitative estimate of drug-likeness (QED) is 0.186. The number of hydrogen-bond donors (Lipinski definition) is 4. The van der Waals surface area contributed by atoms with E-state index in [-0.39, 0.29) is 5.92 Å². The second-order valence-corrected chi connectivity index (χ2v) is 11.3. The van der Waals surface area contributed by atoms with Crippen LogP contribution >= 0.6 is 11.3 Å². The SMILES string of the molecule is Cc1ccc(-c2ccnc3[nH]c(-c4n[nH]c5cnc(-c6cncc(NC(O)C7CCCC7)c6)cc45)cc23)s1. The molecular weight excluding hydrogens is 494 g/mol. The Bertz CT molecular complexity index is 1760.